The molecule has 20 heavy (non-hydrogen) atoms. The van der Waals surface area contributed by atoms with Crippen LogP contribution in [0.1, 0.15) is 16.8 Å². The molecule has 0 saturated heterocycles. The summed E-state index contributed by atoms with van der Waals surface area (Å²) in [6, 6.07) is 0.0800. The summed E-state index contributed by atoms with van der Waals surface area (Å²) in [5.74, 6) is -2.38. The number of pyridine rings is 1. The Morgan fingerprint density at radius 2 is 2.15 bits per heavy atom. The van der Waals surface area contributed by atoms with E-state index in [0.717, 1.165) is 6.26 Å². The highest BCUT2D eigenvalue weighted by Crippen LogP contribution is 2.13. The van der Waals surface area contributed by atoms with Crippen LogP contribution in [0.2, 0.25) is 5.02 Å². The maximum absolute atomic E-state index is 11.9. The Balaban J connectivity index is 2.79. The summed E-state index contributed by atoms with van der Waals surface area (Å²) in [7, 11) is -3.31. The number of amides is 1. The summed E-state index contributed by atoms with van der Waals surface area (Å²) in [6.07, 6.45) is 3.36. The van der Waals surface area contributed by atoms with Crippen LogP contribution in [0.15, 0.2) is 18.5 Å². The van der Waals surface area contributed by atoms with E-state index in [9.17, 15) is 18.0 Å². The third-order valence-electron chi connectivity index (χ3n) is 2.39. The molecule has 0 aliphatic heterocycles. The van der Waals surface area contributed by atoms with Crippen molar-refractivity contribution in [2.45, 2.75) is 12.5 Å². The maximum atomic E-state index is 11.9. The van der Waals surface area contributed by atoms with E-state index >= 15 is 0 Å². The van der Waals surface area contributed by atoms with E-state index in [4.69, 9.17) is 16.7 Å². The SMILES string of the molecule is CS(=O)(=O)CCC(NC(=O)c1cnccc1Cl)C(=O)O. The van der Waals surface area contributed by atoms with Crippen LogP contribution in [0.5, 0.6) is 0 Å². The Labute approximate surface area is 120 Å². The molecule has 1 rings (SSSR count). The van der Waals surface area contributed by atoms with E-state index < -0.39 is 27.8 Å². The van der Waals surface area contributed by atoms with Gasteiger partial charge in [0.05, 0.1) is 16.3 Å². The van der Waals surface area contributed by atoms with Crippen LogP contribution < -0.4 is 5.32 Å². The number of rotatable bonds is 6. The lowest BCUT2D eigenvalue weighted by Crippen LogP contribution is -2.42. The van der Waals surface area contributed by atoms with Gasteiger partial charge >= 0.3 is 5.97 Å². The number of carbonyl (C=O) groups excluding carboxylic acids is 1. The molecule has 1 amide bonds. The van der Waals surface area contributed by atoms with Crippen molar-refractivity contribution in [3.05, 3.63) is 29.0 Å². The van der Waals surface area contributed by atoms with Gasteiger partial charge in [-0.15, -0.1) is 0 Å². The number of carboxylic acid groups (broad SMARTS) is 1. The van der Waals surface area contributed by atoms with Crippen LogP contribution in [0.25, 0.3) is 0 Å². The normalized spacial score (nSPS) is 12.7. The first-order valence-corrected chi connectivity index (χ1v) is 7.95. The van der Waals surface area contributed by atoms with Crippen molar-refractivity contribution >= 4 is 33.3 Å². The van der Waals surface area contributed by atoms with Crippen molar-refractivity contribution in [2.24, 2.45) is 0 Å². The minimum Gasteiger partial charge on any atom is -0.480 e. The van der Waals surface area contributed by atoms with E-state index in [1.807, 2.05) is 0 Å². The molecule has 1 aromatic heterocycles. The van der Waals surface area contributed by atoms with Gasteiger partial charge in [0.25, 0.3) is 5.91 Å². The van der Waals surface area contributed by atoms with Crippen molar-refractivity contribution in [1.29, 1.82) is 0 Å². The summed E-state index contributed by atoms with van der Waals surface area (Å²) in [5.41, 5.74) is 0.0276. The monoisotopic (exact) mass is 320 g/mol. The first-order chi connectivity index (χ1) is 9.20. The standard InChI is InChI=1S/C11H13ClN2O5S/c1-20(18,19)5-3-9(11(16)17)14-10(15)7-6-13-4-2-8(7)12/h2,4,6,9H,3,5H2,1H3,(H,14,15)(H,16,17). The van der Waals surface area contributed by atoms with Gasteiger partial charge in [-0.1, -0.05) is 11.6 Å². The third kappa shape index (κ3) is 5.14. The second-order valence-corrected chi connectivity index (χ2v) is 6.81. The van der Waals surface area contributed by atoms with Gasteiger partial charge in [0.15, 0.2) is 0 Å². The van der Waals surface area contributed by atoms with E-state index in [0.29, 0.717) is 0 Å². The average Bonchev–Trinajstić information content (AvgIpc) is 2.33. The van der Waals surface area contributed by atoms with Gasteiger partial charge in [-0.3, -0.25) is 9.78 Å². The van der Waals surface area contributed by atoms with Crippen molar-refractivity contribution in [3.8, 4) is 0 Å². The number of hydrogen-bond acceptors (Lipinski definition) is 5. The van der Waals surface area contributed by atoms with Crippen molar-refractivity contribution in [1.82, 2.24) is 10.3 Å². The number of aliphatic carboxylic acids is 1. The maximum Gasteiger partial charge on any atom is 0.326 e. The number of nitrogens with one attached hydrogen (secondary N) is 1. The van der Waals surface area contributed by atoms with Crippen LogP contribution in [-0.2, 0) is 14.6 Å². The van der Waals surface area contributed by atoms with Crippen LogP contribution >= 0.6 is 11.6 Å². The van der Waals surface area contributed by atoms with Crippen LogP contribution in [0.3, 0.4) is 0 Å². The molecule has 0 aliphatic rings. The Hall–Kier alpha value is -1.67. The molecule has 0 aliphatic carbocycles. The summed E-state index contributed by atoms with van der Waals surface area (Å²) < 4.78 is 22.1. The van der Waals surface area contributed by atoms with Gasteiger partial charge in [-0.05, 0) is 12.5 Å². The van der Waals surface area contributed by atoms with Gasteiger partial charge < -0.3 is 10.4 Å². The highest BCUT2D eigenvalue weighted by atomic mass is 35.5. The molecule has 9 heteroatoms. The molecule has 1 aromatic rings. The smallest absolute Gasteiger partial charge is 0.326 e. The second-order valence-electron chi connectivity index (χ2n) is 4.14. The fraction of sp³-hybridized carbons (Fsp3) is 0.364. The van der Waals surface area contributed by atoms with Gasteiger partial charge in [-0.2, -0.15) is 0 Å². The van der Waals surface area contributed by atoms with Gasteiger partial charge in [0.2, 0.25) is 0 Å². The lowest BCUT2D eigenvalue weighted by Gasteiger charge is -2.14. The van der Waals surface area contributed by atoms with E-state index in [-0.39, 0.29) is 22.8 Å². The molecule has 0 radical (unpaired) electrons. The predicted octanol–water partition coefficient (Wildman–Crippen LogP) is 0.353. The molecule has 0 spiro atoms. The minimum atomic E-state index is -3.31. The number of sulfone groups is 1. The lowest BCUT2D eigenvalue weighted by molar-refractivity contribution is -0.139. The molecule has 0 aromatic carbocycles. The molecule has 7 nitrogen and oxygen atoms in total. The van der Waals surface area contributed by atoms with E-state index in [1.54, 1.807) is 0 Å². The largest absolute Gasteiger partial charge is 0.480 e. The number of carbonyl (C=O) groups is 2. The first kappa shape index (κ1) is 16.4. The molecule has 0 fully saturated rings. The Kier molecular flexibility index (Phi) is 5.46. The first-order valence-electron chi connectivity index (χ1n) is 5.51. The summed E-state index contributed by atoms with van der Waals surface area (Å²) in [6.45, 7) is 0. The highest BCUT2D eigenvalue weighted by molar-refractivity contribution is 7.90. The molecule has 2 N–H and O–H groups in total. The van der Waals surface area contributed by atoms with Gasteiger partial charge in [-0.25, -0.2) is 13.2 Å². The zero-order valence-corrected chi connectivity index (χ0v) is 12.1. The fourth-order valence-corrected chi connectivity index (χ4v) is 2.22. The number of carboxylic acids is 1. The third-order valence-corrected chi connectivity index (χ3v) is 3.70. The van der Waals surface area contributed by atoms with Gasteiger partial charge in [0, 0.05) is 18.6 Å². The van der Waals surface area contributed by atoms with Crippen LogP contribution in [-0.4, -0.2) is 48.4 Å². The van der Waals surface area contributed by atoms with E-state index in [2.05, 4.69) is 10.3 Å². The zero-order valence-electron chi connectivity index (χ0n) is 10.5. The number of nitrogens with zero attached hydrogens (tertiary/aromatic N) is 1. The summed E-state index contributed by atoms with van der Waals surface area (Å²) in [4.78, 5) is 26.6. The lowest BCUT2D eigenvalue weighted by atomic mass is 10.2. The number of hydrogen-bond donors (Lipinski definition) is 2. The fourth-order valence-electron chi connectivity index (χ4n) is 1.37. The number of aromatic nitrogens is 1. The summed E-state index contributed by atoms with van der Waals surface area (Å²) in [5, 5.41) is 11.3. The molecule has 0 bridgehead atoms. The highest BCUT2D eigenvalue weighted by Gasteiger charge is 2.23. The van der Waals surface area contributed by atoms with Crippen LogP contribution in [0.4, 0.5) is 0 Å². The molecular formula is C11H13ClN2O5S. The molecular weight excluding hydrogens is 308 g/mol. The quantitative estimate of drug-likeness (QED) is 0.782. The molecule has 1 atom stereocenters. The van der Waals surface area contributed by atoms with Crippen molar-refractivity contribution in [3.63, 3.8) is 0 Å². The Bertz CT molecular complexity index is 617. The molecule has 1 unspecified atom stereocenters. The second kappa shape index (κ2) is 6.67. The van der Waals surface area contributed by atoms with E-state index in [1.165, 1.54) is 18.5 Å². The predicted molar refractivity (Wildman–Crippen MR) is 72.5 cm³/mol. The van der Waals surface area contributed by atoms with Crippen LogP contribution in [0, 0.1) is 0 Å². The Morgan fingerprint density at radius 1 is 1.50 bits per heavy atom. The van der Waals surface area contributed by atoms with Crippen molar-refractivity contribution in [2.75, 3.05) is 12.0 Å². The topological polar surface area (TPSA) is 113 Å². The average molecular weight is 321 g/mol. The van der Waals surface area contributed by atoms with Gasteiger partial charge in [0.1, 0.15) is 15.9 Å². The molecule has 0 saturated carbocycles. The molecule has 1 heterocycles. The summed E-state index contributed by atoms with van der Waals surface area (Å²) >= 11 is 5.79. The number of halogens is 1. The molecule has 110 valence electrons. The minimum absolute atomic E-state index is 0.0276. The zero-order chi connectivity index (χ0) is 15.3. The van der Waals surface area contributed by atoms with Crippen molar-refractivity contribution < 1.29 is 23.1 Å². The Morgan fingerprint density at radius 3 is 2.65 bits per heavy atom.